The third-order valence-electron chi connectivity index (χ3n) is 2.42. The average Bonchev–Trinajstić information content (AvgIpc) is 2.01. The molecule has 0 heterocycles. The highest BCUT2D eigenvalue weighted by Crippen LogP contribution is 2.18. The van der Waals surface area contributed by atoms with Crippen LogP contribution in [0.3, 0.4) is 0 Å². The normalized spacial score (nSPS) is 27.0. The molecule has 4 nitrogen and oxygen atoms in total. The Morgan fingerprint density at radius 2 is 2.14 bits per heavy atom. The molecule has 14 heavy (non-hydrogen) atoms. The van der Waals surface area contributed by atoms with Crippen molar-refractivity contribution >= 4 is 11.7 Å². The van der Waals surface area contributed by atoms with Crippen LogP contribution in [0.25, 0.3) is 0 Å². The van der Waals surface area contributed by atoms with E-state index in [-0.39, 0.29) is 30.3 Å². The third kappa shape index (κ3) is 3.87. The van der Waals surface area contributed by atoms with Crippen molar-refractivity contribution in [3.63, 3.8) is 0 Å². The number of carbonyl (C=O) groups excluding carboxylic acids is 2. The fourth-order valence-corrected chi connectivity index (χ4v) is 1.80. The zero-order valence-corrected chi connectivity index (χ0v) is 8.45. The van der Waals surface area contributed by atoms with Gasteiger partial charge in [-0.3, -0.25) is 9.59 Å². The Hall–Kier alpha value is -0.900. The molecule has 0 aliphatic heterocycles. The standard InChI is InChI=1S/C10H17NO3/c1-7(12)5-10(14)11-8-3-2-4-9(13)6-8/h8-9,13H,2-6H2,1H3,(H,11,14). The van der Waals surface area contributed by atoms with Crippen LogP contribution in [-0.4, -0.2) is 28.9 Å². The Labute approximate surface area is 83.7 Å². The van der Waals surface area contributed by atoms with Gasteiger partial charge in [-0.2, -0.15) is 0 Å². The number of carbonyl (C=O) groups is 2. The summed E-state index contributed by atoms with van der Waals surface area (Å²) >= 11 is 0. The van der Waals surface area contributed by atoms with Crippen LogP contribution in [-0.2, 0) is 9.59 Å². The summed E-state index contributed by atoms with van der Waals surface area (Å²) in [6, 6.07) is 0.0469. The molecule has 0 saturated heterocycles. The van der Waals surface area contributed by atoms with Crippen LogP contribution >= 0.6 is 0 Å². The summed E-state index contributed by atoms with van der Waals surface area (Å²) in [6.45, 7) is 1.40. The van der Waals surface area contributed by atoms with Gasteiger partial charge in [0.15, 0.2) is 0 Å². The Bertz CT molecular complexity index is 227. The molecule has 80 valence electrons. The summed E-state index contributed by atoms with van der Waals surface area (Å²) in [4.78, 5) is 21.9. The highest BCUT2D eigenvalue weighted by atomic mass is 16.3. The van der Waals surface area contributed by atoms with Crippen molar-refractivity contribution in [1.82, 2.24) is 5.32 Å². The van der Waals surface area contributed by atoms with E-state index in [1.54, 1.807) is 0 Å². The number of aliphatic hydroxyl groups excluding tert-OH is 1. The predicted molar refractivity (Wildman–Crippen MR) is 51.7 cm³/mol. The number of aliphatic hydroxyl groups is 1. The minimum Gasteiger partial charge on any atom is -0.393 e. The van der Waals surface area contributed by atoms with Crippen molar-refractivity contribution < 1.29 is 14.7 Å². The summed E-state index contributed by atoms with van der Waals surface area (Å²) < 4.78 is 0. The molecule has 2 N–H and O–H groups in total. The van der Waals surface area contributed by atoms with Gasteiger partial charge in [0.1, 0.15) is 5.78 Å². The minimum absolute atomic E-state index is 0.0469. The lowest BCUT2D eigenvalue weighted by molar-refractivity contribution is -0.127. The first-order valence-electron chi connectivity index (χ1n) is 5.05. The molecule has 0 radical (unpaired) electrons. The van der Waals surface area contributed by atoms with Crippen molar-refractivity contribution in [2.24, 2.45) is 0 Å². The monoisotopic (exact) mass is 199 g/mol. The van der Waals surface area contributed by atoms with Crippen molar-refractivity contribution in [1.29, 1.82) is 0 Å². The van der Waals surface area contributed by atoms with E-state index in [0.29, 0.717) is 6.42 Å². The second-order valence-corrected chi connectivity index (χ2v) is 3.96. The number of nitrogens with one attached hydrogen (secondary N) is 1. The highest BCUT2D eigenvalue weighted by Gasteiger charge is 2.21. The number of hydrogen-bond acceptors (Lipinski definition) is 3. The number of Topliss-reactive ketones (excluding diaryl/α,β-unsaturated/α-hetero) is 1. The molecule has 0 spiro atoms. The van der Waals surface area contributed by atoms with E-state index in [1.165, 1.54) is 6.92 Å². The molecule has 2 unspecified atom stereocenters. The molecule has 0 bridgehead atoms. The number of ketones is 1. The Morgan fingerprint density at radius 3 is 2.71 bits per heavy atom. The summed E-state index contributed by atoms with van der Waals surface area (Å²) in [6.07, 6.45) is 2.92. The van der Waals surface area contributed by atoms with Crippen LogP contribution in [0.2, 0.25) is 0 Å². The van der Waals surface area contributed by atoms with Crippen molar-refractivity contribution in [2.75, 3.05) is 0 Å². The SMILES string of the molecule is CC(=O)CC(=O)NC1CCCC(O)C1. The maximum Gasteiger partial charge on any atom is 0.227 e. The van der Waals surface area contributed by atoms with Crippen molar-refractivity contribution in [2.45, 2.75) is 51.2 Å². The summed E-state index contributed by atoms with van der Waals surface area (Å²) in [5.74, 6) is -0.351. The summed E-state index contributed by atoms with van der Waals surface area (Å²) in [5.41, 5.74) is 0. The van der Waals surface area contributed by atoms with Gasteiger partial charge in [-0.15, -0.1) is 0 Å². The molecule has 1 saturated carbocycles. The minimum atomic E-state index is -0.300. The zero-order chi connectivity index (χ0) is 10.6. The van der Waals surface area contributed by atoms with Gasteiger partial charge in [-0.1, -0.05) is 0 Å². The largest absolute Gasteiger partial charge is 0.393 e. The van der Waals surface area contributed by atoms with Gasteiger partial charge in [0, 0.05) is 6.04 Å². The van der Waals surface area contributed by atoms with E-state index in [2.05, 4.69) is 5.32 Å². The maximum atomic E-state index is 11.2. The van der Waals surface area contributed by atoms with Crippen LogP contribution in [0, 0.1) is 0 Å². The van der Waals surface area contributed by atoms with Gasteiger partial charge in [-0.05, 0) is 32.6 Å². The number of hydrogen-bond donors (Lipinski definition) is 2. The van der Waals surface area contributed by atoms with Crippen LogP contribution < -0.4 is 5.32 Å². The number of rotatable bonds is 3. The van der Waals surface area contributed by atoms with Crippen molar-refractivity contribution in [3.8, 4) is 0 Å². The van der Waals surface area contributed by atoms with Crippen LogP contribution in [0.15, 0.2) is 0 Å². The molecule has 1 aliphatic carbocycles. The predicted octanol–water partition coefficient (Wildman–Crippen LogP) is 0.385. The molecule has 4 heteroatoms. The molecule has 1 rings (SSSR count). The fraction of sp³-hybridized carbons (Fsp3) is 0.800. The van der Waals surface area contributed by atoms with E-state index in [9.17, 15) is 14.7 Å². The van der Waals surface area contributed by atoms with Crippen molar-refractivity contribution in [3.05, 3.63) is 0 Å². The fourth-order valence-electron chi connectivity index (χ4n) is 1.80. The average molecular weight is 199 g/mol. The first kappa shape index (κ1) is 11.2. The third-order valence-corrected chi connectivity index (χ3v) is 2.42. The second-order valence-electron chi connectivity index (χ2n) is 3.96. The first-order valence-corrected chi connectivity index (χ1v) is 5.05. The highest BCUT2D eigenvalue weighted by molar-refractivity contribution is 5.96. The lowest BCUT2D eigenvalue weighted by Crippen LogP contribution is -2.40. The quantitative estimate of drug-likeness (QED) is 0.646. The van der Waals surface area contributed by atoms with E-state index >= 15 is 0 Å². The summed E-state index contributed by atoms with van der Waals surface area (Å²) in [7, 11) is 0. The molecule has 1 aliphatic rings. The van der Waals surface area contributed by atoms with E-state index in [1.807, 2.05) is 0 Å². The van der Waals surface area contributed by atoms with E-state index in [4.69, 9.17) is 0 Å². The number of amides is 1. The topological polar surface area (TPSA) is 66.4 Å². The smallest absolute Gasteiger partial charge is 0.227 e. The molecular formula is C10H17NO3. The van der Waals surface area contributed by atoms with Gasteiger partial charge in [0.05, 0.1) is 12.5 Å². The molecule has 0 aromatic heterocycles. The molecule has 1 amide bonds. The zero-order valence-electron chi connectivity index (χ0n) is 8.45. The maximum absolute atomic E-state index is 11.2. The van der Waals surface area contributed by atoms with E-state index in [0.717, 1.165) is 19.3 Å². The molecule has 0 aromatic rings. The first-order chi connectivity index (χ1) is 6.58. The Kier molecular flexibility index (Phi) is 4.07. The molecule has 1 fully saturated rings. The van der Waals surface area contributed by atoms with Gasteiger partial charge in [0.2, 0.25) is 5.91 Å². The molecular weight excluding hydrogens is 182 g/mol. The van der Waals surface area contributed by atoms with Gasteiger partial charge in [0.25, 0.3) is 0 Å². The molecule has 2 atom stereocenters. The second kappa shape index (κ2) is 5.10. The van der Waals surface area contributed by atoms with E-state index < -0.39 is 0 Å². The molecule has 0 aromatic carbocycles. The lowest BCUT2D eigenvalue weighted by atomic mass is 9.93. The Balaban J connectivity index is 2.28. The van der Waals surface area contributed by atoms with Gasteiger partial charge < -0.3 is 10.4 Å². The Morgan fingerprint density at radius 1 is 1.43 bits per heavy atom. The van der Waals surface area contributed by atoms with Gasteiger partial charge in [-0.25, -0.2) is 0 Å². The summed E-state index contributed by atoms with van der Waals surface area (Å²) in [5, 5.41) is 12.1. The van der Waals surface area contributed by atoms with Crippen LogP contribution in [0.1, 0.15) is 39.0 Å². The van der Waals surface area contributed by atoms with Crippen LogP contribution in [0.5, 0.6) is 0 Å². The lowest BCUT2D eigenvalue weighted by Gasteiger charge is -2.26. The van der Waals surface area contributed by atoms with Crippen LogP contribution in [0.4, 0.5) is 0 Å². The van der Waals surface area contributed by atoms with Gasteiger partial charge >= 0.3 is 0 Å².